The summed E-state index contributed by atoms with van der Waals surface area (Å²) < 4.78 is 5.88. The van der Waals surface area contributed by atoms with Crippen LogP contribution in [0.5, 0.6) is 0 Å². The molecule has 200 valence electrons. The molecule has 4 aromatic rings. The molecule has 4 aromatic heterocycles. The summed E-state index contributed by atoms with van der Waals surface area (Å²) in [7, 11) is 0. The summed E-state index contributed by atoms with van der Waals surface area (Å²) in [5.41, 5.74) is 11.0. The number of aromatic amines is 2. The minimum Gasteiger partial charge on any atom is -0.376 e. The van der Waals surface area contributed by atoms with Gasteiger partial charge in [0, 0.05) is 49.4 Å². The molecule has 2 fully saturated rings. The van der Waals surface area contributed by atoms with E-state index >= 15 is 0 Å². The zero-order chi connectivity index (χ0) is 25.1. The van der Waals surface area contributed by atoms with E-state index in [-0.39, 0.29) is 30.0 Å². The van der Waals surface area contributed by atoms with Gasteiger partial charge in [-0.2, -0.15) is 5.10 Å². The Bertz CT molecular complexity index is 1430. The first-order chi connectivity index (χ1) is 18.0. The Kier molecular flexibility index (Phi) is 6.24. The van der Waals surface area contributed by atoms with Crippen molar-refractivity contribution in [1.29, 1.82) is 0 Å². The third kappa shape index (κ3) is 3.91. The fourth-order valence-corrected chi connectivity index (χ4v) is 6.17. The molecule has 1 spiro atoms. The van der Waals surface area contributed by atoms with Crippen LogP contribution >= 0.6 is 12.4 Å². The summed E-state index contributed by atoms with van der Waals surface area (Å²) in [6.07, 6.45) is 8.54. The number of rotatable bonds is 3. The first-order valence-corrected chi connectivity index (χ1v) is 13.1. The number of pyridine rings is 1. The number of H-pyrrole nitrogens is 2. The van der Waals surface area contributed by atoms with Crippen molar-refractivity contribution < 1.29 is 4.74 Å². The van der Waals surface area contributed by atoms with Crippen LogP contribution in [0.3, 0.4) is 0 Å². The van der Waals surface area contributed by atoms with Crippen LogP contribution in [0.1, 0.15) is 44.7 Å². The Morgan fingerprint density at radius 1 is 1.11 bits per heavy atom. The number of hydrogen-bond acceptors (Lipinski definition) is 9. The molecule has 3 aliphatic rings. The third-order valence-corrected chi connectivity index (χ3v) is 8.61. The lowest BCUT2D eigenvalue weighted by molar-refractivity contribution is 0.0974. The van der Waals surface area contributed by atoms with Gasteiger partial charge >= 0.3 is 0 Å². The molecule has 7 rings (SSSR count). The van der Waals surface area contributed by atoms with Crippen LogP contribution < -0.4 is 15.5 Å². The standard InChI is InChI=1S/C26H32N10O.ClH/c1-15-5-10-36(18-4-3-17(31-20(15)18)23-28-8-9-29-23)25-21-24(33-34-25)32-19(13-30-21)35-11-6-26(7-12-35)14-37-16(2)22(26)27;/h3-4,8-9,13,15-16,22H,5-7,10-12,14,27H2,1-2H3,(H,28,29)(H,32,33,34);1H/t15-,16+,22-;/m1./s1. The van der Waals surface area contributed by atoms with Gasteiger partial charge in [-0.25, -0.2) is 19.9 Å². The number of aromatic nitrogens is 7. The predicted molar refractivity (Wildman–Crippen MR) is 148 cm³/mol. The summed E-state index contributed by atoms with van der Waals surface area (Å²) in [6.45, 7) is 7.69. The van der Waals surface area contributed by atoms with Crippen molar-refractivity contribution in [3.8, 4) is 11.5 Å². The van der Waals surface area contributed by atoms with Gasteiger partial charge in [-0.05, 0) is 38.3 Å². The first-order valence-electron chi connectivity index (χ1n) is 13.1. The Balaban J connectivity index is 0.00000264. The highest BCUT2D eigenvalue weighted by Crippen LogP contribution is 2.43. The molecule has 0 amide bonds. The first kappa shape index (κ1) is 25.0. The molecule has 0 bridgehead atoms. The van der Waals surface area contributed by atoms with Gasteiger partial charge in [0.25, 0.3) is 0 Å². The van der Waals surface area contributed by atoms with Crippen LogP contribution in [0.4, 0.5) is 17.3 Å². The average molecular weight is 537 g/mol. The molecular weight excluding hydrogens is 504 g/mol. The Labute approximate surface area is 227 Å². The van der Waals surface area contributed by atoms with E-state index in [0.717, 1.165) is 85.6 Å². The molecule has 3 aliphatic heterocycles. The quantitative estimate of drug-likeness (QED) is 0.359. The highest BCUT2D eigenvalue weighted by Gasteiger charge is 2.47. The van der Waals surface area contributed by atoms with Gasteiger partial charge in [0.05, 0.1) is 30.3 Å². The van der Waals surface area contributed by atoms with Crippen molar-refractivity contribution in [2.45, 2.75) is 51.2 Å². The summed E-state index contributed by atoms with van der Waals surface area (Å²) in [5, 5.41) is 7.79. The SMILES string of the molecule is C[C@@H]1CCN(c2n[nH]c3nc(N4CCC5(CC4)CO[C@@H](C)[C@H]5N)cnc23)c2ccc(-c3ncc[nH]3)nc21.Cl. The molecule has 38 heavy (non-hydrogen) atoms. The number of ether oxygens (including phenoxy) is 1. The van der Waals surface area contributed by atoms with E-state index in [0.29, 0.717) is 11.6 Å². The number of nitrogens with one attached hydrogen (secondary N) is 2. The molecule has 0 aromatic carbocycles. The lowest BCUT2D eigenvalue weighted by Crippen LogP contribution is -2.50. The second kappa shape index (κ2) is 9.48. The van der Waals surface area contributed by atoms with E-state index in [1.54, 1.807) is 6.20 Å². The van der Waals surface area contributed by atoms with Gasteiger partial charge in [-0.3, -0.25) is 5.10 Å². The van der Waals surface area contributed by atoms with Crippen LogP contribution in [0.2, 0.25) is 0 Å². The van der Waals surface area contributed by atoms with E-state index in [1.807, 2.05) is 18.5 Å². The summed E-state index contributed by atoms with van der Waals surface area (Å²) in [6, 6.07) is 4.21. The van der Waals surface area contributed by atoms with E-state index in [2.05, 4.69) is 49.9 Å². The number of anilines is 3. The maximum atomic E-state index is 6.50. The smallest absolute Gasteiger partial charge is 0.183 e. The van der Waals surface area contributed by atoms with Crippen molar-refractivity contribution in [3.05, 3.63) is 36.4 Å². The fourth-order valence-electron chi connectivity index (χ4n) is 6.17. The molecule has 4 N–H and O–H groups in total. The van der Waals surface area contributed by atoms with Gasteiger partial charge in [0.1, 0.15) is 11.5 Å². The second-order valence-corrected chi connectivity index (χ2v) is 10.7. The normalized spacial score (nSPS) is 24.6. The van der Waals surface area contributed by atoms with Gasteiger partial charge < -0.3 is 25.3 Å². The monoisotopic (exact) mass is 536 g/mol. The highest BCUT2D eigenvalue weighted by atomic mass is 35.5. The topological polar surface area (TPSA) is 138 Å². The number of nitrogens with zero attached hydrogens (tertiary/aromatic N) is 7. The number of hydrogen-bond donors (Lipinski definition) is 3. The molecule has 0 aliphatic carbocycles. The minimum atomic E-state index is 0. The Morgan fingerprint density at radius 3 is 2.68 bits per heavy atom. The van der Waals surface area contributed by atoms with Crippen LogP contribution in [0.15, 0.2) is 30.7 Å². The Hall–Kier alpha value is -3.28. The minimum absolute atomic E-state index is 0. The molecule has 0 unspecified atom stereocenters. The molecule has 12 heteroatoms. The second-order valence-electron chi connectivity index (χ2n) is 10.7. The lowest BCUT2D eigenvalue weighted by atomic mass is 9.73. The number of halogens is 1. The van der Waals surface area contributed by atoms with Gasteiger partial charge in [0.2, 0.25) is 0 Å². The van der Waals surface area contributed by atoms with Gasteiger partial charge in [-0.1, -0.05) is 6.92 Å². The van der Waals surface area contributed by atoms with Crippen LogP contribution in [-0.2, 0) is 4.74 Å². The summed E-state index contributed by atoms with van der Waals surface area (Å²) in [4.78, 5) is 26.7. The maximum absolute atomic E-state index is 6.50. The van der Waals surface area contributed by atoms with Crippen LogP contribution in [0.25, 0.3) is 22.7 Å². The zero-order valence-electron chi connectivity index (χ0n) is 21.6. The lowest BCUT2D eigenvalue weighted by Gasteiger charge is -2.41. The predicted octanol–water partition coefficient (Wildman–Crippen LogP) is 3.54. The Morgan fingerprint density at radius 2 is 1.95 bits per heavy atom. The fraction of sp³-hybridized carbons (Fsp3) is 0.500. The number of nitrogens with two attached hydrogens (primary N) is 1. The van der Waals surface area contributed by atoms with Crippen molar-refractivity contribution in [2.24, 2.45) is 11.1 Å². The molecule has 3 atom stereocenters. The molecule has 2 saturated heterocycles. The van der Waals surface area contributed by atoms with Crippen molar-refractivity contribution in [1.82, 2.24) is 35.1 Å². The zero-order valence-corrected chi connectivity index (χ0v) is 22.4. The van der Waals surface area contributed by atoms with Crippen LogP contribution in [0, 0.1) is 5.41 Å². The number of imidazole rings is 1. The van der Waals surface area contributed by atoms with Crippen molar-refractivity contribution >= 4 is 40.9 Å². The molecular formula is C26H33ClN10O. The van der Waals surface area contributed by atoms with Crippen LogP contribution in [-0.4, -0.2) is 73.5 Å². The average Bonchev–Trinajstić information content (AvgIpc) is 3.67. The third-order valence-electron chi connectivity index (χ3n) is 8.61. The maximum Gasteiger partial charge on any atom is 0.183 e. The molecule has 7 heterocycles. The largest absolute Gasteiger partial charge is 0.376 e. The van der Waals surface area contributed by atoms with E-state index < -0.39 is 0 Å². The van der Waals surface area contributed by atoms with Crippen molar-refractivity contribution in [3.63, 3.8) is 0 Å². The van der Waals surface area contributed by atoms with Gasteiger partial charge in [0.15, 0.2) is 22.8 Å². The van der Waals surface area contributed by atoms with Crippen molar-refractivity contribution in [2.75, 3.05) is 36.0 Å². The number of fused-ring (bicyclic) bond motifs is 2. The van der Waals surface area contributed by atoms with E-state index in [9.17, 15) is 0 Å². The molecule has 0 radical (unpaired) electrons. The van der Waals surface area contributed by atoms with Gasteiger partial charge in [-0.15, -0.1) is 12.4 Å². The summed E-state index contributed by atoms with van der Waals surface area (Å²) in [5.74, 6) is 2.77. The molecule has 11 nitrogen and oxygen atoms in total. The molecule has 0 saturated carbocycles. The van der Waals surface area contributed by atoms with E-state index in [1.165, 1.54) is 0 Å². The summed E-state index contributed by atoms with van der Waals surface area (Å²) >= 11 is 0. The van der Waals surface area contributed by atoms with E-state index in [4.69, 9.17) is 25.4 Å². The number of piperidine rings is 1. The highest BCUT2D eigenvalue weighted by molar-refractivity contribution is 5.88.